The molecule has 0 aliphatic carbocycles. The van der Waals surface area contributed by atoms with Crippen LogP contribution < -0.4 is 10.5 Å². The Labute approximate surface area is 115 Å². The van der Waals surface area contributed by atoms with E-state index in [1.807, 2.05) is 0 Å². The predicted octanol–water partition coefficient (Wildman–Crippen LogP) is 1.27. The van der Waals surface area contributed by atoms with E-state index in [1.165, 1.54) is 11.1 Å². The van der Waals surface area contributed by atoms with Crippen LogP contribution in [-0.2, 0) is 0 Å². The molecule has 1 aromatic carbocycles. The van der Waals surface area contributed by atoms with E-state index >= 15 is 0 Å². The molecule has 0 radical (unpaired) electrons. The van der Waals surface area contributed by atoms with Crippen molar-refractivity contribution in [3.05, 3.63) is 42.5 Å². The average molecular weight is 286 g/mol. The first-order valence-electron chi connectivity index (χ1n) is 5.28. The molecule has 0 aliphatic rings. The highest BCUT2D eigenvalue weighted by molar-refractivity contribution is 5.85. The van der Waals surface area contributed by atoms with E-state index in [0.717, 1.165) is 5.69 Å². The van der Waals surface area contributed by atoms with Crippen molar-refractivity contribution in [2.75, 3.05) is 13.2 Å². The second-order valence-electron chi connectivity index (χ2n) is 3.48. The highest BCUT2D eigenvalue weighted by Crippen LogP contribution is 2.14. The third kappa shape index (κ3) is 4.01. The molecule has 1 heterocycles. The zero-order chi connectivity index (χ0) is 12.8. The Hall–Kier alpha value is -1.99. The number of ether oxygens (including phenoxy) is 1. The van der Waals surface area contributed by atoms with Gasteiger partial charge < -0.3 is 10.5 Å². The third-order valence-electron chi connectivity index (χ3n) is 2.26. The van der Waals surface area contributed by atoms with Crippen LogP contribution in [0.2, 0.25) is 0 Å². The fourth-order valence-electron chi connectivity index (χ4n) is 1.27. The van der Waals surface area contributed by atoms with Gasteiger partial charge in [0.25, 0.3) is 0 Å². The Morgan fingerprint density at radius 3 is 2.63 bits per heavy atom. The van der Waals surface area contributed by atoms with Crippen molar-refractivity contribution in [3.8, 4) is 11.4 Å². The Kier molecular flexibility index (Phi) is 5.91. The van der Waals surface area contributed by atoms with Gasteiger partial charge in [-0.15, -0.1) is 27.4 Å². The van der Waals surface area contributed by atoms with Crippen molar-refractivity contribution in [3.63, 3.8) is 0 Å². The number of hydrogen-bond acceptors (Lipinski definition) is 5. The lowest BCUT2D eigenvalue weighted by atomic mass is 10.3. The highest BCUT2D eigenvalue weighted by atomic mass is 35.5. The van der Waals surface area contributed by atoms with Crippen LogP contribution in [0.5, 0.6) is 5.75 Å². The maximum absolute atomic E-state index is 12.3. The first kappa shape index (κ1) is 15.1. The molecule has 0 saturated heterocycles. The molecule has 2 rings (SSSR count). The van der Waals surface area contributed by atoms with Gasteiger partial charge in [-0.1, -0.05) is 0 Å². The Morgan fingerprint density at radius 2 is 2.11 bits per heavy atom. The van der Waals surface area contributed by atoms with E-state index in [2.05, 4.69) is 15.4 Å². The van der Waals surface area contributed by atoms with Gasteiger partial charge in [0.1, 0.15) is 12.4 Å². The quantitative estimate of drug-likeness (QED) is 0.895. The molecule has 6 nitrogen and oxygen atoms in total. The molecular formula is C11H13ClFN5O. The number of halogens is 2. The zero-order valence-electron chi connectivity index (χ0n) is 9.94. The summed E-state index contributed by atoms with van der Waals surface area (Å²) in [5.41, 5.74) is 6.48. The van der Waals surface area contributed by atoms with Crippen LogP contribution in [0.3, 0.4) is 0 Å². The highest BCUT2D eigenvalue weighted by Gasteiger charge is 2.01. The molecule has 102 valence electrons. The molecule has 1 aromatic heterocycles. The number of aromatic nitrogens is 4. The van der Waals surface area contributed by atoms with E-state index in [-0.39, 0.29) is 25.6 Å². The van der Waals surface area contributed by atoms with Crippen LogP contribution in [0.25, 0.3) is 5.69 Å². The van der Waals surface area contributed by atoms with Crippen molar-refractivity contribution < 1.29 is 9.13 Å². The van der Waals surface area contributed by atoms with Gasteiger partial charge >= 0.3 is 0 Å². The van der Waals surface area contributed by atoms with Crippen LogP contribution in [0.1, 0.15) is 0 Å². The number of benzene rings is 1. The summed E-state index contributed by atoms with van der Waals surface area (Å²) >= 11 is 0. The minimum atomic E-state index is 0. The standard InChI is InChI=1S/C11H12FN5O.ClH/c12-5-9(6-13)7-18-11-3-1-10(2-4-11)17-15-8-14-16-17;/h1-5,8H,6-7,13H2;1H/b9-5+;. The third-order valence-corrected chi connectivity index (χ3v) is 2.26. The van der Waals surface area contributed by atoms with Gasteiger partial charge in [-0.3, -0.25) is 0 Å². The molecule has 8 heteroatoms. The molecule has 0 saturated carbocycles. The van der Waals surface area contributed by atoms with Gasteiger partial charge in [0.2, 0.25) is 0 Å². The van der Waals surface area contributed by atoms with Gasteiger partial charge in [-0.2, -0.15) is 0 Å². The van der Waals surface area contributed by atoms with Crippen molar-refractivity contribution in [1.82, 2.24) is 20.2 Å². The van der Waals surface area contributed by atoms with Gasteiger partial charge in [0, 0.05) is 12.1 Å². The van der Waals surface area contributed by atoms with Gasteiger partial charge in [-0.25, -0.2) is 4.39 Å². The van der Waals surface area contributed by atoms with E-state index in [1.54, 1.807) is 24.3 Å². The molecule has 0 spiro atoms. The van der Waals surface area contributed by atoms with Crippen LogP contribution in [0, 0.1) is 0 Å². The molecule has 0 fully saturated rings. The summed E-state index contributed by atoms with van der Waals surface area (Å²) < 4.78 is 17.6. The van der Waals surface area contributed by atoms with Crippen LogP contribution in [-0.4, -0.2) is 33.4 Å². The monoisotopic (exact) mass is 285 g/mol. The smallest absolute Gasteiger partial charge is 0.162 e. The van der Waals surface area contributed by atoms with Gasteiger partial charge in [-0.05, 0) is 29.5 Å². The second kappa shape index (κ2) is 7.45. The normalized spacial score (nSPS) is 10.9. The number of hydrogen-bond donors (Lipinski definition) is 1. The van der Waals surface area contributed by atoms with Gasteiger partial charge in [0.15, 0.2) is 6.33 Å². The Bertz CT molecular complexity index is 514. The fourth-order valence-corrected chi connectivity index (χ4v) is 1.27. The molecule has 0 aliphatic heterocycles. The molecule has 0 bridgehead atoms. The lowest BCUT2D eigenvalue weighted by molar-refractivity contribution is 0.347. The maximum atomic E-state index is 12.3. The summed E-state index contributed by atoms with van der Waals surface area (Å²) in [6.45, 7) is 0.269. The summed E-state index contributed by atoms with van der Waals surface area (Å²) in [5.74, 6) is 0.617. The van der Waals surface area contributed by atoms with Crippen molar-refractivity contribution in [2.45, 2.75) is 0 Å². The number of nitrogens with zero attached hydrogens (tertiary/aromatic N) is 4. The van der Waals surface area contributed by atoms with E-state index in [0.29, 0.717) is 17.7 Å². The summed E-state index contributed by atoms with van der Waals surface area (Å²) in [7, 11) is 0. The summed E-state index contributed by atoms with van der Waals surface area (Å²) in [4.78, 5) is 1.39. The molecule has 19 heavy (non-hydrogen) atoms. The van der Waals surface area contributed by atoms with Crippen LogP contribution in [0.4, 0.5) is 4.39 Å². The first-order chi connectivity index (χ1) is 8.83. The summed E-state index contributed by atoms with van der Waals surface area (Å²) in [6, 6.07) is 7.03. The number of nitrogens with two attached hydrogens (primary N) is 1. The molecule has 0 amide bonds. The lowest BCUT2D eigenvalue weighted by Gasteiger charge is -2.07. The van der Waals surface area contributed by atoms with E-state index in [4.69, 9.17) is 10.5 Å². The topological polar surface area (TPSA) is 78.9 Å². The average Bonchev–Trinajstić information content (AvgIpc) is 2.94. The fraction of sp³-hybridized carbons (Fsp3) is 0.182. The largest absolute Gasteiger partial charge is 0.489 e. The second-order valence-corrected chi connectivity index (χ2v) is 3.48. The molecule has 0 unspecified atom stereocenters. The SMILES string of the molecule is Cl.NC/C(=C\F)COc1ccc(-n2ncnn2)cc1. The predicted molar refractivity (Wildman–Crippen MR) is 70.1 cm³/mol. The first-order valence-corrected chi connectivity index (χ1v) is 5.28. The minimum absolute atomic E-state index is 0. The van der Waals surface area contributed by atoms with Crippen molar-refractivity contribution in [2.24, 2.45) is 5.73 Å². The molecule has 0 atom stereocenters. The summed E-state index contributed by atoms with van der Waals surface area (Å²) in [6.07, 6.45) is 1.82. The molecule has 2 N–H and O–H groups in total. The maximum Gasteiger partial charge on any atom is 0.162 e. The van der Waals surface area contributed by atoms with Crippen LogP contribution in [0.15, 0.2) is 42.5 Å². The van der Waals surface area contributed by atoms with Crippen molar-refractivity contribution >= 4 is 12.4 Å². The van der Waals surface area contributed by atoms with Crippen molar-refractivity contribution in [1.29, 1.82) is 0 Å². The minimum Gasteiger partial charge on any atom is -0.489 e. The van der Waals surface area contributed by atoms with E-state index in [9.17, 15) is 4.39 Å². The lowest BCUT2D eigenvalue weighted by Crippen LogP contribution is -2.10. The summed E-state index contributed by atoms with van der Waals surface area (Å²) in [5, 5.41) is 11.3. The van der Waals surface area contributed by atoms with E-state index < -0.39 is 0 Å². The zero-order valence-corrected chi connectivity index (χ0v) is 10.8. The van der Waals surface area contributed by atoms with Gasteiger partial charge in [0.05, 0.1) is 12.0 Å². The molecular weight excluding hydrogens is 273 g/mol. The number of tetrazole rings is 1. The Morgan fingerprint density at radius 1 is 1.37 bits per heavy atom. The Balaban J connectivity index is 0.00000180. The molecule has 2 aromatic rings. The van der Waals surface area contributed by atoms with Crippen LogP contribution >= 0.6 is 12.4 Å². The number of rotatable bonds is 5.